The summed E-state index contributed by atoms with van der Waals surface area (Å²) in [5.74, 6) is 0.111. The lowest BCUT2D eigenvalue weighted by molar-refractivity contribution is 0.312. The number of rotatable bonds is 3. The Morgan fingerprint density at radius 2 is 2.14 bits per heavy atom. The highest BCUT2D eigenvalue weighted by Gasteiger charge is 2.32. The topological polar surface area (TPSA) is 89.8 Å². The molecule has 1 atom stereocenters. The monoisotopic (exact) mass is 316 g/mol. The van der Waals surface area contributed by atoms with Gasteiger partial charge in [-0.15, -0.1) is 0 Å². The number of aromatic amines is 1. The summed E-state index contributed by atoms with van der Waals surface area (Å²) in [6.45, 7) is 0.886. The van der Waals surface area contributed by atoms with Crippen molar-refractivity contribution in [2.45, 2.75) is 23.7 Å². The molecule has 1 aromatic heterocycles. The molecule has 7 heteroatoms. The second-order valence-electron chi connectivity index (χ2n) is 5.32. The number of aromatic nitrogens is 2. The van der Waals surface area contributed by atoms with Crippen LogP contribution in [0.2, 0.25) is 0 Å². The predicted octanol–water partition coefficient (Wildman–Crippen LogP) is 1.85. The molecule has 0 radical (unpaired) electrons. The van der Waals surface area contributed by atoms with Gasteiger partial charge in [-0.2, -0.15) is 14.7 Å². The first-order valence-corrected chi connectivity index (χ1v) is 8.55. The van der Waals surface area contributed by atoms with Crippen LogP contribution in [-0.4, -0.2) is 36.0 Å². The van der Waals surface area contributed by atoms with Gasteiger partial charge in [-0.05, 0) is 31.0 Å². The third-order valence-electron chi connectivity index (χ3n) is 3.97. The lowest BCUT2D eigenvalue weighted by Crippen LogP contribution is -2.39. The molecule has 6 nitrogen and oxygen atoms in total. The fourth-order valence-corrected chi connectivity index (χ4v) is 4.50. The average molecular weight is 316 g/mol. The molecule has 1 aliphatic heterocycles. The van der Waals surface area contributed by atoms with E-state index in [0.717, 1.165) is 18.5 Å². The SMILES string of the molecule is N#Cc1ccccc1S(=O)(=O)N1CCC[C@@H](c2ccn[nH]2)C1. The number of H-pyrrole nitrogens is 1. The van der Waals surface area contributed by atoms with Crippen molar-refractivity contribution in [3.05, 3.63) is 47.8 Å². The quantitative estimate of drug-likeness (QED) is 0.935. The lowest BCUT2D eigenvalue weighted by Gasteiger charge is -2.31. The summed E-state index contributed by atoms with van der Waals surface area (Å²) in [4.78, 5) is 0.0859. The summed E-state index contributed by atoms with van der Waals surface area (Å²) >= 11 is 0. The molecule has 0 unspecified atom stereocenters. The summed E-state index contributed by atoms with van der Waals surface area (Å²) in [5, 5.41) is 16.0. The van der Waals surface area contributed by atoms with Gasteiger partial charge in [0.25, 0.3) is 0 Å². The molecule has 0 aliphatic carbocycles. The van der Waals surface area contributed by atoms with Crippen LogP contribution in [0.5, 0.6) is 0 Å². The molecule has 22 heavy (non-hydrogen) atoms. The fraction of sp³-hybridized carbons (Fsp3) is 0.333. The van der Waals surface area contributed by atoms with Gasteiger partial charge in [-0.3, -0.25) is 5.10 Å². The Hall–Kier alpha value is -2.17. The van der Waals surface area contributed by atoms with Crippen LogP contribution in [0.3, 0.4) is 0 Å². The van der Waals surface area contributed by atoms with Gasteiger partial charge in [0.2, 0.25) is 10.0 Å². The van der Waals surface area contributed by atoms with Crippen molar-refractivity contribution >= 4 is 10.0 Å². The summed E-state index contributed by atoms with van der Waals surface area (Å²) in [7, 11) is -3.65. The highest BCUT2D eigenvalue weighted by atomic mass is 32.2. The number of nitriles is 1. The van der Waals surface area contributed by atoms with Gasteiger partial charge in [0.1, 0.15) is 6.07 Å². The first-order valence-electron chi connectivity index (χ1n) is 7.11. The van der Waals surface area contributed by atoms with E-state index in [1.807, 2.05) is 12.1 Å². The molecule has 3 rings (SSSR count). The van der Waals surface area contributed by atoms with Crippen LogP contribution < -0.4 is 0 Å². The van der Waals surface area contributed by atoms with E-state index in [-0.39, 0.29) is 16.4 Å². The number of sulfonamides is 1. The second-order valence-corrected chi connectivity index (χ2v) is 7.23. The number of hydrogen-bond acceptors (Lipinski definition) is 4. The van der Waals surface area contributed by atoms with E-state index in [2.05, 4.69) is 10.2 Å². The van der Waals surface area contributed by atoms with E-state index in [1.165, 1.54) is 16.4 Å². The Morgan fingerprint density at radius 1 is 1.32 bits per heavy atom. The van der Waals surface area contributed by atoms with Crippen molar-refractivity contribution in [1.29, 1.82) is 5.26 Å². The van der Waals surface area contributed by atoms with Crippen LogP contribution in [-0.2, 0) is 10.0 Å². The molecule has 2 aromatic rings. The Bertz CT molecular complexity index is 793. The van der Waals surface area contributed by atoms with Gasteiger partial charge in [0.05, 0.1) is 10.5 Å². The van der Waals surface area contributed by atoms with Crippen molar-refractivity contribution in [1.82, 2.24) is 14.5 Å². The Labute approximate surface area is 129 Å². The van der Waals surface area contributed by atoms with Crippen LogP contribution >= 0.6 is 0 Å². The Balaban J connectivity index is 1.91. The van der Waals surface area contributed by atoms with Crippen molar-refractivity contribution in [3.63, 3.8) is 0 Å². The third kappa shape index (κ3) is 2.63. The molecule has 0 spiro atoms. The number of hydrogen-bond donors (Lipinski definition) is 1. The van der Waals surface area contributed by atoms with Crippen molar-refractivity contribution in [2.24, 2.45) is 0 Å². The van der Waals surface area contributed by atoms with Crippen LogP contribution in [0.15, 0.2) is 41.4 Å². The fourth-order valence-electron chi connectivity index (χ4n) is 2.83. The zero-order chi connectivity index (χ0) is 15.6. The molecule has 1 aliphatic rings. The lowest BCUT2D eigenvalue weighted by atomic mass is 9.96. The summed E-state index contributed by atoms with van der Waals surface area (Å²) in [5.41, 5.74) is 1.14. The second kappa shape index (κ2) is 5.91. The number of nitrogens with zero attached hydrogens (tertiary/aromatic N) is 3. The van der Waals surface area contributed by atoms with Crippen molar-refractivity contribution < 1.29 is 8.42 Å². The minimum atomic E-state index is -3.65. The normalized spacial score (nSPS) is 19.7. The van der Waals surface area contributed by atoms with Gasteiger partial charge < -0.3 is 0 Å². The first-order chi connectivity index (χ1) is 10.6. The zero-order valence-corrected chi connectivity index (χ0v) is 12.8. The molecular weight excluding hydrogens is 300 g/mol. The molecule has 0 amide bonds. The molecular formula is C15H16N4O2S. The van der Waals surface area contributed by atoms with Gasteiger partial charge in [-0.1, -0.05) is 12.1 Å². The summed E-state index contributed by atoms with van der Waals surface area (Å²) in [6.07, 6.45) is 3.39. The Kier molecular flexibility index (Phi) is 3.96. The van der Waals surface area contributed by atoms with Crippen LogP contribution in [0, 0.1) is 11.3 Å². The van der Waals surface area contributed by atoms with Crippen molar-refractivity contribution in [2.75, 3.05) is 13.1 Å². The summed E-state index contributed by atoms with van der Waals surface area (Å²) in [6, 6.07) is 10.2. The van der Waals surface area contributed by atoms with Gasteiger partial charge in [-0.25, -0.2) is 8.42 Å². The largest absolute Gasteiger partial charge is 0.282 e. The zero-order valence-electron chi connectivity index (χ0n) is 11.9. The Morgan fingerprint density at radius 3 is 2.86 bits per heavy atom. The maximum Gasteiger partial charge on any atom is 0.244 e. The van der Waals surface area contributed by atoms with Gasteiger partial charge in [0, 0.05) is 30.9 Å². The molecule has 1 fully saturated rings. The first kappa shape index (κ1) is 14.8. The molecule has 1 aromatic carbocycles. The minimum absolute atomic E-state index is 0.0859. The molecule has 0 bridgehead atoms. The third-order valence-corrected chi connectivity index (χ3v) is 5.89. The highest BCUT2D eigenvalue weighted by molar-refractivity contribution is 7.89. The molecule has 114 valence electrons. The van der Waals surface area contributed by atoms with E-state index in [0.29, 0.717) is 13.1 Å². The summed E-state index contributed by atoms with van der Waals surface area (Å²) < 4.78 is 27.1. The number of benzene rings is 1. The molecule has 0 saturated carbocycles. The van der Waals surface area contributed by atoms with E-state index in [9.17, 15) is 8.42 Å². The highest BCUT2D eigenvalue weighted by Crippen LogP contribution is 2.30. The van der Waals surface area contributed by atoms with Crippen molar-refractivity contribution in [3.8, 4) is 6.07 Å². The maximum atomic E-state index is 12.8. The number of piperidine rings is 1. The van der Waals surface area contributed by atoms with Crippen LogP contribution in [0.25, 0.3) is 0 Å². The molecule has 2 heterocycles. The van der Waals surface area contributed by atoms with E-state index in [1.54, 1.807) is 18.3 Å². The standard InChI is InChI=1S/C15H16N4O2S/c16-10-12-4-1-2-6-15(12)22(20,21)19-9-3-5-13(11-19)14-7-8-17-18-14/h1-2,4,6-8,13H,3,5,9,11H2,(H,17,18)/t13-/m1/s1. The minimum Gasteiger partial charge on any atom is -0.282 e. The maximum absolute atomic E-state index is 12.8. The van der Waals surface area contributed by atoms with E-state index >= 15 is 0 Å². The average Bonchev–Trinajstić information content (AvgIpc) is 3.09. The van der Waals surface area contributed by atoms with Gasteiger partial charge >= 0.3 is 0 Å². The predicted molar refractivity (Wildman–Crippen MR) is 80.5 cm³/mol. The smallest absolute Gasteiger partial charge is 0.244 e. The molecule has 1 saturated heterocycles. The van der Waals surface area contributed by atoms with E-state index < -0.39 is 10.0 Å². The van der Waals surface area contributed by atoms with Crippen LogP contribution in [0.1, 0.15) is 30.0 Å². The van der Waals surface area contributed by atoms with Gasteiger partial charge in [0.15, 0.2) is 0 Å². The van der Waals surface area contributed by atoms with Crippen LogP contribution in [0.4, 0.5) is 0 Å². The van der Waals surface area contributed by atoms with E-state index in [4.69, 9.17) is 5.26 Å². The number of nitrogens with one attached hydrogen (secondary N) is 1. The molecule has 1 N–H and O–H groups in total.